The third kappa shape index (κ3) is 6.37. The van der Waals surface area contributed by atoms with Crippen LogP contribution in [0.3, 0.4) is 0 Å². The molecule has 1 aromatic heterocycles. The summed E-state index contributed by atoms with van der Waals surface area (Å²) in [6, 6.07) is 10.2. The highest BCUT2D eigenvalue weighted by Gasteiger charge is 2.11. The van der Waals surface area contributed by atoms with Crippen molar-refractivity contribution < 1.29 is 9.34 Å². The van der Waals surface area contributed by atoms with Crippen molar-refractivity contribution in [3.05, 3.63) is 63.6 Å². The Morgan fingerprint density at radius 1 is 1.28 bits per heavy atom. The Kier molecular flexibility index (Phi) is 8.39. The van der Waals surface area contributed by atoms with Gasteiger partial charge in [-0.05, 0) is 38.5 Å². The van der Waals surface area contributed by atoms with E-state index in [0.29, 0.717) is 12.5 Å². The number of nitrogens with one attached hydrogen (secondary N) is 2. The normalized spacial score (nSPS) is 12.2. The number of aliphatic imine (C=N–C) groups is 1. The Hall–Kier alpha value is -2.10. The van der Waals surface area contributed by atoms with Gasteiger partial charge in [-0.15, -0.1) is 24.0 Å². The molecule has 0 amide bonds. The van der Waals surface area contributed by atoms with Gasteiger partial charge in [-0.2, -0.15) is 0 Å². The second kappa shape index (κ2) is 10.0. The van der Waals surface area contributed by atoms with Crippen molar-refractivity contribution in [3.63, 3.8) is 0 Å². The molecule has 1 unspecified atom stereocenters. The molecule has 136 valence electrons. The monoisotopic (exact) mass is 458 g/mol. The molecule has 0 fully saturated rings. The third-order valence-electron chi connectivity index (χ3n) is 3.45. The van der Waals surface area contributed by atoms with Gasteiger partial charge in [-0.1, -0.05) is 12.1 Å². The van der Waals surface area contributed by atoms with E-state index >= 15 is 0 Å². The Balaban J connectivity index is 0.00000312. The Morgan fingerprint density at radius 2 is 1.96 bits per heavy atom. The number of rotatable bonds is 6. The molecule has 2 rings (SSSR count). The van der Waals surface area contributed by atoms with Gasteiger partial charge in [0.25, 0.3) is 5.69 Å². The van der Waals surface area contributed by atoms with Gasteiger partial charge in [0.05, 0.1) is 17.5 Å². The standard InChI is InChI=1S/C17H22N4O3.HI/c1-4-18-17(20-13(3)16-10-5-12(2)24-16)19-11-14-6-8-15(9-7-14)21(22)23;/h5-10,13H,4,11H2,1-3H3,(H2,18,19,20);1H. The number of nitro benzene ring substituents is 1. The van der Waals surface area contributed by atoms with E-state index in [9.17, 15) is 10.1 Å². The van der Waals surface area contributed by atoms with Crippen LogP contribution in [0.5, 0.6) is 0 Å². The molecule has 0 spiro atoms. The molecule has 1 heterocycles. The molecule has 2 aromatic rings. The van der Waals surface area contributed by atoms with Crippen molar-refractivity contribution in [1.82, 2.24) is 10.6 Å². The molecular weight excluding hydrogens is 435 g/mol. The number of hydrogen-bond acceptors (Lipinski definition) is 4. The summed E-state index contributed by atoms with van der Waals surface area (Å²) in [6.07, 6.45) is 0. The second-order valence-electron chi connectivity index (χ2n) is 5.43. The molecule has 7 nitrogen and oxygen atoms in total. The quantitative estimate of drug-likeness (QED) is 0.225. The van der Waals surface area contributed by atoms with Crippen LogP contribution in [0.15, 0.2) is 45.8 Å². The molecule has 1 aromatic carbocycles. The highest BCUT2D eigenvalue weighted by Crippen LogP contribution is 2.16. The first-order valence-electron chi connectivity index (χ1n) is 7.84. The van der Waals surface area contributed by atoms with Gasteiger partial charge in [0.1, 0.15) is 11.5 Å². The van der Waals surface area contributed by atoms with Gasteiger partial charge in [-0.3, -0.25) is 10.1 Å². The van der Waals surface area contributed by atoms with Gasteiger partial charge < -0.3 is 15.1 Å². The number of hydrogen-bond donors (Lipinski definition) is 2. The fourth-order valence-electron chi connectivity index (χ4n) is 2.18. The number of furan rings is 1. The molecular formula is C17H23IN4O3. The maximum absolute atomic E-state index is 10.7. The van der Waals surface area contributed by atoms with E-state index in [1.807, 2.05) is 32.9 Å². The predicted molar refractivity (Wildman–Crippen MR) is 108 cm³/mol. The molecule has 25 heavy (non-hydrogen) atoms. The number of halogens is 1. The first kappa shape index (κ1) is 20.9. The van der Waals surface area contributed by atoms with Gasteiger partial charge in [0.2, 0.25) is 0 Å². The van der Waals surface area contributed by atoms with E-state index in [4.69, 9.17) is 4.42 Å². The summed E-state index contributed by atoms with van der Waals surface area (Å²) in [5, 5.41) is 17.1. The lowest BCUT2D eigenvalue weighted by Crippen LogP contribution is -2.38. The van der Waals surface area contributed by atoms with Crippen molar-refractivity contribution in [3.8, 4) is 0 Å². The van der Waals surface area contributed by atoms with Gasteiger partial charge in [-0.25, -0.2) is 4.99 Å². The molecule has 0 radical (unpaired) electrons. The second-order valence-corrected chi connectivity index (χ2v) is 5.43. The summed E-state index contributed by atoms with van der Waals surface area (Å²) in [7, 11) is 0. The summed E-state index contributed by atoms with van der Waals surface area (Å²) in [6.45, 7) is 7.05. The lowest BCUT2D eigenvalue weighted by molar-refractivity contribution is -0.384. The number of nitro groups is 1. The summed E-state index contributed by atoms with van der Waals surface area (Å²) in [5.74, 6) is 2.37. The fraction of sp³-hybridized carbons (Fsp3) is 0.353. The van der Waals surface area contributed by atoms with Crippen molar-refractivity contribution in [2.24, 2.45) is 4.99 Å². The fourth-order valence-corrected chi connectivity index (χ4v) is 2.18. The molecule has 0 bridgehead atoms. The topological polar surface area (TPSA) is 92.7 Å². The molecule has 0 saturated carbocycles. The average Bonchev–Trinajstić information content (AvgIpc) is 3.00. The maximum atomic E-state index is 10.7. The van der Waals surface area contributed by atoms with Crippen LogP contribution in [0.4, 0.5) is 5.69 Å². The minimum atomic E-state index is -0.411. The van der Waals surface area contributed by atoms with Gasteiger partial charge in [0.15, 0.2) is 5.96 Å². The lowest BCUT2D eigenvalue weighted by atomic mass is 10.2. The Morgan fingerprint density at radius 3 is 2.48 bits per heavy atom. The smallest absolute Gasteiger partial charge is 0.269 e. The molecule has 1 atom stereocenters. The first-order chi connectivity index (χ1) is 11.5. The predicted octanol–water partition coefficient (Wildman–Crippen LogP) is 3.93. The van der Waals surface area contributed by atoms with E-state index in [1.165, 1.54) is 12.1 Å². The number of nitrogens with zero attached hydrogens (tertiary/aromatic N) is 2. The summed E-state index contributed by atoms with van der Waals surface area (Å²) in [5.41, 5.74) is 0.980. The van der Waals surface area contributed by atoms with Crippen LogP contribution in [-0.4, -0.2) is 17.4 Å². The number of aryl methyl sites for hydroxylation is 1. The van der Waals surface area contributed by atoms with Crippen LogP contribution >= 0.6 is 24.0 Å². The summed E-state index contributed by atoms with van der Waals surface area (Å²) < 4.78 is 5.61. The minimum Gasteiger partial charge on any atom is -0.464 e. The molecule has 0 aliphatic carbocycles. The number of benzene rings is 1. The highest BCUT2D eigenvalue weighted by molar-refractivity contribution is 14.0. The van der Waals surface area contributed by atoms with Crippen molar-refractivity contribution >= 4 is 35.6 Å². The van der Waals surface area contributed by atoms with Crippen LogP contribution in [0, 0.1) is 17.0 Å². The largest absolute Gasteiger partial charge is 0.464 e. The zero-order valence-electron chi connectivity index (χ0n) is 14.5. The molecule has 2 N–H and O–H groups in total. The van der Waals surface area contributed by atoms with Crippen LogP contribution < -0.4 is 10.6 Å². The van der Waals surface area contributed by atoms with Crippen molar-refractivity contribution in [2.45, 2.75) is 33.4 Å². The van der Waals surface area contributed by atoms with Gasteiger partial charge >= 0.3 is 0 Å². The zero-order valence-corrected chi connectivity index (χ0v) is 16.8. The number of guanidine groups is 1. The number of non-ortho nitro benzene ring substituents is 1. The van der Waals surface area contributed by atoms with Gasteiger partial charge in [0, 0.05) is 18.7 Å². The van der Waals surface area contributed by atoms with Crippen LogP contribution in [-0.2, 0) is 6.54 Å². The van der Waals surface area contributed by atoms with Crippen LogP contribution in [0.2, 0.25) is 0 Å². The maximum Gasteiger partial charge on any atom is 0.269 e. The average molecular weight is 458 g/mol. The van der Waals surface area contributed by atoms with Crippen LogP contribution in [0.25, 0.3) is 0 Å². The Bertz CT molecular complexity index is 713. The summed E-state index contributed by atoms with van der Waals surface area (Å²) >= 11 is 0. The van der Waals surface area contributed by atoms with E-state index < -0.39 is 4.92 Å². The van der Waals surface area contributed by atoms with Crippen molar-refractivity contribution in [2.75, 3.05) is 6.54 Å². The minimum absolute atomic E-state index is 0. The van der Waals surface area contributed by atoms with E-state index in [-0.39, 0.29) is 35.7 Å². The molecule has 0 saturated heterocycles. The van der Waals surface area contributed by atoms with E-state index in [0.717, 1.165) is 23.6 Å². The Labute approximate surface area is 164 Å². The lowest BCUT2D eigenvalue weighted by Gasteiger charge is -2.16. The molecule has 0 aliphatic heterocycles. The SMILES string of the molecule is CCNC(=NCc1ccc([N+](=O)[O-])cc1)NC(C)c1ccc(C)o1.I. The van der Waals surface area contributed by atoms with E-state index in [2.05, 4.69) is 15.6 Å². The molecule has 8 heteroatoms. The highest BCUT2D eigenvalue weighted by atomic mass is 127. The van der Waals surface area contributed by atoms with Crippen molar-refractivity contribution in [1.29, 1.82) is 0 Å². The summed E-state index contributed by atoms with van der Waals surface area (Å²) in [4.78, 5) is 14.8. The third-order valence-corrected chi connectivity index (χ3v) is 3.45. The van der Waals surface area contributed by atoms with E-state index in [1.54, 1.807) is 12.1 Å². The zero-order chi connectivity index (χ0) is 17.5. The first-order valence-corrected chi connectivity index (χ1v) is 7.84. The van der Waals surface area contributed by atoms with Crippen LogP contribution in [0.1, 0.15) is 37.0 Å². The molecule has 0 aliphatic rings.